The van der Waals surface area contributed by atoms with Crippen LogP contribution in [0.5, 0.6) is 0 Å². The van der Waals surface area contributed by atoms with Crippen LogP contribution in [-0.4, -0.2) is 26.2 Å². The van der Waals surface area contributed by atoms with Gasteiger partial charge in [0.05, 0.1) is 0 Å². The molecular formula is C12H16N2O2. The van der Waals surface area contributed by atoms with E-state index in [-0.39, 0.29) is 5.91 Å². The first-order valence-electron chi connectivity index (χ1n) is 5.40. The van der Waals surface area contributed by atoms with E-state index in [2.05, 4.69) is 0 Å². The van der Waals surface area contributed by atoms with E-state index in [0.717, 1.165) is 17.7 Å². The minimum Gasteiger partial charge on any atom is -0.385 e. The predicted octanol–water partition coefficient (Wildman–Crippen LogP) is 1.07. The van der Waals surface area contributed by atoms with Gasteiger partial charge in [-0.25, -0.2) is 0 Å². The molecule has 0 bridgehead atoms. The molecule has 0 spiro atoms. The van der Waals surface area contributed by atoms with Crippen LogP contribution in [0.3, 0.4) is 0 Å². The molecule has 1 aliphatic heterocycles. The summed E-state index contributed by atoms with van der Waals surface area (Å²) >= 11 is 0. The third-order valence-corrected chi connectivity index (χ3v) is 2.82. The number of hydrogen-bond donors (Lipinski definition) is 1. The summed E-state index contributed by atoms with van der Waals surface area (Å²) in [6.45, 7) is 1.32. The fourth-order valence-electron chi connectivity index (χ4n) is 2.01. The third kappa shape index (κ3) is 1.81. The summed E-state index contributed by atoms with van der Waals surface area (Å²) in [5.41, 5.74) is 7.72. The van der Waals surface area contributed by atoms with E-state index >= 15 is 0 Å². The van der Waals surface area contributed by atoms with E-state index in [0.29, 0.717) is 13.2 Å². The number of ether oxygens (including phenoxy) is 1. The van der Waals surface area contributed by atoms with Gasteiger partial charge in [0.15, 0.2) is 0 Å². The van der Waals surface area contributed by atoms with Gasteiger partial charge >= 0.3 is 0 Å². The molecule has 2 N–H and O–H groups in total. The maximum Gasteiger partial charge on any atom is 0.248 e. The number of carbonyl (C=O) groups is 1. The van der Waals surface area contributed by atoms with Crippen molar-refractivity contribution in [1.82, 2.24) is 0 Å². The molecule has 16 heavy (non-hydrogen) atoms. The summed E-state index contributed by atoms with van der Waals surface area (Å²) in [6.07, 6.45) is 0.823. The maximum atomic E-state index is 11.9. The van der Waals surface area contributed by atoms with E-state index in [9.17, 15) is 4.79 Å². The molecular weight excluding hydrogens is 204 g/mol. The summed E-state index contributed by atoms with van der Waals surface area (Å²) in [5.74, 6) is -0.0164. The van der Waals surface area contributed by atoms with Gasteiger partial charge in [0.2, 0.25) is 5.91 Å². The number of anilines is 1. The van der Waals surface area contributed by atoms with Crippen LogP contribution in [0.15, 0.2) is 24.3 Å². The molecule has 0 saturated heterocycles. The highest BCUT2D eigenvalue weighted by Gasteiger charge is 2.33. The molecule has 0 aromatic heterocycles. The zero-order chi connectivity index (χ0) is 11.5. The third-order valence-electron chi connectivity index (χ3n) is 2.82. The van der Waals surface area contributed by atoms with E-state index in [4.69, 9.17) is 10.5 Å². The molecule has 1 unspecified atom stereocenters. The Bertz CT molecular complexity index is 392. The van der Waals surface area contributed by atoms with Crippen LogP contribution in [0.2, 0.25) is 0 Å². The fraction of sp³-hybridized carbons (Fsp3) is 0.417. The number of fused-ring (bicyclic) bond motifs is 1. The van der Waals surface area contributed by atoms with Crippen molar-refractivity contribution < 1.29 is 9.53 Å². The Morgan fingerprint density at radius 1 is 1.44 bits per heavy atom. The van der Waals surface area contributed by atoms with Gasteiger partial charge in [0.1, 0.15) is 6.04 Å². The Hall–Kier alpha value is -1.39. The van der Waals surface area contributed by atoms with Crippen molar-refractivity contribution in [1.29, 1.82) is 0 Å². The molecule has 1 heterocycles. The largest absolute Gasteiger partial charge is 0.385 e. The van der Waals surface area contributed by atoms with Crippen molar-refractivity contribution in [3.8, 4) is 0 Å². The number of carbonyl (C=O) groups excluding carboxylic acids is 1. The smallest absolute Gasteiger partial charge is 0.248 e. The quantitative estimate of drug-likeness (QED) is 0.772. The van der Waals surface area contributed by atoms with Crippen LogP contribution >= 0.6 is 0 Å². The molecule has 4 heteroatoms. The highest BCUT2D eigenvalue weighted by Crippen LogP contribution is 2.33. The van der Waals surface area contributed by atoms with E-state index in [1.54, 1.807) is 12.0 Å². The lowest BCUT2D eigenvalue weighted by atomic mass is 10.1. The number of methoxy groups -OCH3 is 1. The van der Waals surface area contributed by atoms with E-state index < -0.39 is 6.04 Å². The highest BCUT2D eigenvalue weighted by molar-refractivity contribution is 6.04. The average molecular weight is 220 g/mol. The van der Waals surface area contributed by atoms with Crippen LogP contribution in [0.1, 0.15) is 18.0 Å². The molecule has 1 aromatic carbocycles. The van der Waals surface area contributed by atoms with Crippen LogP contribution in [0.25, 0.3) is 0 Å². The molecule has 86 valence electrons. The Balaban J connectivity index is 2.17. The molecule has 2 rings (SSSR count). The number of para-hydroxylation sites is 1. The first-order chi connectivity index (χ1) is 7.75. The second-order valence-electron chi connectivity index (χ2n) is 3.87. The van der Waals surface area contributed by atoms with Crippen molar-refractivity contribution in [3.63, 3.8) is 0 Å². The standard InChI is InChI=1S/C12H16N2O2/c1-16-8-4-7-14-10-6-3-2-5-9(10)11(13)12(14)15/h2-3,5-6,11H,4,7-8,13H2,1H3. The van der Waals surface area contributed by atoms with Crippen molar-refractivity contribution in [2.24, 2.45) is 5.73 Å². The first-order valence-corrected chi connectivity index (χ1v) is 5.40. The monoisotopic (exact) mass is 220 g/mol. The highest BCUT2D eigenvalue weighted by atomic mass is 16.5. The lowest BCUT2D eigenvalue weighted by Gasteiger charge is -2.17. The molecule has 0 radical (unpaired) electrons. The topological polar surface area (TPSA) is 55.6 Å². The van der Waals surface area contributed by atoms with Gasteiger partial charge in [-0.05, 0) is 12.5 Å². The zero-order valence-electron chi connectivity index (χ0n) is 9.35. The SMILES string of the molecule is COCCCN1C(=O)C(N)c2ccccc21. The molecule has 4 nitrogen and oxygen atoms in total. The number of hydrogen-bond acceptors (Lipinski definition) is 3. The number of benzene rings is 1. The lowest BCUT2D eigenvalue weighted by molar-refractivity contribution is -0.119. The number of nitrogens with zero attached hydrogens (tertiary/aromatic N) is 1. The van der Waals surface area contributed by atoms with Gasteiger partial charge < -0.3 is 15.4 Å². The van der Waals surface area contributed by atoms with Gasteiger partial charge in [-0.2, -0.15) is 0 Å². The van der Waals surface area contributed by atoms with Gasteiger partial charge in [0, 0.05) is 31.5 Å². The Morgan fingerprint density at radius 3 is 2.94 bits per heavy atom. The Kier molecular flexibility index (Phi) is 3.22. The van der Waals surface area contributed by atoms with Crippen molar-refractivity contribution >= 4 is 11.6 Å². The summed E-state index contributed by atoms with van der Waals surface area (Å²) < 4.78 is 4.98. The lowest BCUT2D eigenvalue weighted by Crippen LogP contribution is -2.32. The summed E-state index contributed by atoms with van der Waals surface area (Å²) in [5, 5.41) is 0. The fourth-order valence-corrected chi connectivity index (χ4v) is 2.01. The molecule has 1 aliphatic rings. The van der Waals surface area contributed by atoms with E-state index in [1.165, 1.54) is 0 Å². The molecule has 1 aromatic rings. The van der Waals surface area contributed by atoms with Crippen molar-refractivity contribution in [2.75, 3.05) is 25.2 Å². The van der Waals surface area contributed by atoms with Crippen LogP contribution in [0, 0.1) is 0 Å². The van der Waals surface area contributed by atoms with Gasteiger partial charge in [-0.1, -0.05) is 18.2 Å². The Labute approximate surface area is 95.0 Å². The minimum atomic E-state index is -0.501. The second kappa shape index (κ2) is 4.63. The van der Waals surface area contributed by atoms with Gasteiger partial charge in [-0.3, -0.25) is 4.79 Å². The molecule has 0 fully saturated rings. The summed E-state index contributed by atoms with van der Waals surface area (Å²) in [7, 11) is 1.66. The molecule has 1 atom stereocenters. The van der Waals surface area contributed by atoms with Crippen molar-refractivity contribution in [2.45, 2.75) is 12.5 Å². The second-order valence-corrected chi connectivity index (χ2v) is 3.87. The first kappa shape index (κ1) is 11.1. The van der Waals surface area contributed by atoms with Crippen LogP contribution in [-0.2, 0) is 9.53 Å². The van der Waals surface area contributed by atoms with Crippen LogP contribution in [0.4, 0.5) is 5.69 Å². The normalized spacial score (nSPS) is 19.0. The summed E-state index contributed by atoms with van der Waals surface area (Å²) in [6, 6.07) is 7.18. The van der Waals surface area contributed by atoms with Crippen LogP contribution < -0.4 is 10.6 Å². The minimum absolute atomic E-state index is 0.0164. The van der Waals surface area contributed by atoms with Crippen molar-refractivity contribution in [3.05, 3.63) is 29.8 Å². The number of nitrogens with two attached hydrogens (primary N) is 1. The molecule has 0 saturated carbocycles. The van der Waals surface area contributed by atoms with E-state index in [1.807, 2.05) is 24.3 Å². The molecule has 0 aliphatic carbocycles. The maximum absolute atomic E-state index is 11.9. The number of amides is 1. The predicted molar refractivity (Wildman–Crippen MR) is 62.2 cm³/mol. The Morgan fingerprint density at radius 2 is 2.19 bits per heavy atom. The number of rotatable bonds is 4. The van der Waals surface area contributed by atoms with Gasteiger partial charge in [-0.15, -0.1) is 0 Å². The average Bonchev–Trinajstić information content (AvgIpc) is 2.55. The molecule has 1 amide bonds. The summed E-state index contributed by atoms with van der Waals surface area (Å²) in [4.78, 5) is 13.7. The van der Waals surface area contributed by atoms with Gasteiger partial charge in [0.25, 0.3) is 0 Å². The zero-order valence-corrected chi connectivity index (χ0v) is 9.35.